The summed E-state index contributed by atoms with van der Waals surface area (Å²) < 4.78 is 2.31. The van der Waals surface area contributed by atoms with Crippen LogP contribution in [0.5, 0.6) is 0 Å². The second-order valence-electron chi connectivity index (χ2n) is 6.78. The Hall–Kier alpha value is -1.19. The number of hydrogen-bond donors (Lipinski definition) is 1. The van der Waals surface area contributed by atoms with Gasteiger partial charge in [0, 0.05) is 27.5 Å². The van der Waals surface area contributed by atoms with E-state index in [2.05, 4.69) is 61.9 Å². The molecule has 1 aromatic heterocycles. The van der Waals surface area contributed by atoms with E-state index in [4.69, 9.17) is 0 Å². The lowest BCUT2D eigenvalue weighted by Gasteiger charge is -2.34. The van der Waals surface area contributed by atoms with E-state index in [1.165, 1.54) is 22.0 Å². The summed E-state index contributed by atoms with van der Waals surface area (Å²) in [6.07, 6.45) is 3.61. The van der Waals surface area contributed by atoms with E-state index in [0.717, 1.165) is 18.4 Å². The highest BCUT2D eigenvalue weighted by Gasteiger charge is 2.34. The molecule has 0 aliphatic heterocycles. The van der Waals surface area contributed by atoms with Crippen LogP contribution in [0.4, 0.5) is 0 Å². The number of benzene rings is 1. The van der Waals surface area contributed by atoms with Crippen molar-refractivity contribution in [3.05, 3.63) is 47.3 Å². The van der Waals surface area contributed by atoms with Gasteiger partial charge in [-0.3, -0.25) is 0 Å². The fraction of sp³-hybridized carbons (Fsp3) is 0.444. The molecule has 1 heterocycles. The highest BCUT2D eigenvalue weighted by atomic mass is 32.2. The third kappa shape index (κ3) is 2.65. The minimum absolute atomic E-state index is 0.147. The first-order chi connectivity index (χ1) is 9.91. The van der Waals surface area contributed by atoms with Crippen molar-refractivity contribution >= 4 is 11.8 Å². The van der Waals surface area contributed by atoms with E-state index in [0.29, 0.717) is 0 Å². The summed E-state index contributed by atoms with van der Waals surface area (Å²) in [7, 11) is 0. The maximum absolute atomic E-state index is 10.4. The van der Waals surface area contributed by atoms with Crippen LogP contribution in [0.25, 0.3) is 5.69 Å². The van der Waals surface area contributed by atoms with Crippen molar-refractivity contribution in [1.29, 1.82) is 0 Å². The number of aliphatic hydroxyl groups is 1. The fourth-order valence-corrected chi connectivity index (χ4v) is 3.84. The number of rotatable bonds is 2. The lowest BCUT2D eigenvalue weighted by molar-refractivity contribution is 0.0987. The summed E-state index contributed by atoms with van der Waals surface area (Å²) >= 11 is 1.76. The minimum Gasteiger partial charge on any atom is -0.388 e. The average Bonchev–Trinajstić information content (AvgIpc) is 2.74. The van der Waals surface area contributed by atoms with Crippen LogP contribution in [0, 0.1) is 12.3 Å². The van der Waals surface area contributed by atoms with Crippen molar-refractivity contribution in [2.45, 2.75) is 44.6 Å². The first kappa shape index (κ1) is 14.7. The summed E-state index contributed by atoms with van der Waals surface area (Å²) in [5, 5.41) is 10.4. The van der Waals surface area contributed by atoms with Gasteiger partial charge in [0.1, 0.15) is 0 Å². The van der Waals surface area contributed by atoms with Crippen molar-refractivity contribution < 1.29 is 5.11 Å². The van der Waals surface area contributed by atoms with Gasteiger partial charge in [-0.05, 0) is 61.8 Å². The molecule has 0 saturated heterocycles. The van der Waals surface area contributed by atoms with Gasteiger partial charge < -0.3 is 9.67 Å². The van der Waals surface area contributed by atoms with Crippen LogP contribution in [0.1, 0.15) is 43.3 Å². The van der Waals surface area contributed by atoms with Gasteiger partial charge in [-0.25, -0.2) is 0 Å². The Morgan fingerprint density at radius 2 is 1.90 bits per heavy atom. The molecule has 1 N–H and O–H groups in total. The number of nitrogens with zero attached hydrogens (tertiary/aromatic N) is 1. The predicted molar refractivity (Wildman–Crippen MR) is 89.3 cm³/mol. The van der Waals surface area contributed by atoms with Crippen LogP contribution in [0.3, 0.4) is 0 Å². The van der Waals surface area contributed by atoms with E-state index in [1.807, 2.05) is 0 Å². The Balaban J connectivity index is 2.11. The van der Waals surface area contributed by atoms with E-state index in [-0.39, 0.29) is 11.5 Å². The molecule has 1 aromatic carbocycles. The Morgan fingerprint density at radius 3 is 2.52 bits per heavy atom. The molecule has 1 atom stereocenters. The maximum atomic E-state index is 10.4. The standard InChI is InChI=1S/C18H23NOS/c1-12-9-15-16(10-18(2,3)11-17(15)20)19(12)13-5-7-14(21-4)8-6-13/h5-9,17,20H,10-11H2,1-4H3. The molecule has 0 spiro atoms. The second-order valence-corrected chi connectivity index (χ2v) is 7.66. The Kier molecular flexibility index (Phi) is 3.66. The summed E-state index contributed by atoms with van der Waals surface area (Å²) in [5.74, 6) is 0. The van der Waals surface area contributed by atoms with Crippen molar-refractivity contribution in [2.24, 2.45) is 5.41 Å². The molecule has 1 aliphatic rings. The van der Waals surface area contributed by atoms with Crippen LogP contribution < -0.4 is 0 Å². The van der Waals surface area contributed by atoms with Crippen LogP contribution >= 0.6 is 11.8 Å². The van der Waals surface area contributed by atoms with Crippen LogP contribution in [-0.2, 0) is 6.42 Å². The normalized spacial score (nSPS) is 20.3. The molecule has 1 unspecified atom stereocenters. The van der Waals surface area contributed by atoms with E-state index in [1.54, 1.807) is 11.8 Å². The second kappa shape index (κ2) is 5.22. The molecule has 21 heavy (non-hydrogen) atoms. The van der Waals surface area contributed by atoms with Crippen molar-refractivity contribution in [3.8, 4) is 5.69 Å². The average molecular weight is 301 g/mol. The van der Waals surface area contributed by atoms with E-state index < -0.39 is 0 Å². The van der Waals surface area contributed by atoms with Gasteiger partial charge in [0.25, 0.3) is 0 Å². The molecule has 0 fully saturated rings. The molecule has 2 aromatic rings. The van der Waals surface area contributed by atoms with Gasteiger partial charge in [-0.15, -0.1) is 11.8 Å². The zero-order valence-electron chi connectivity index (χ0n) is 13.2. The first-order valence-corrected chi connectivity index (χ1v) is 8.67. The number of hydrogen-bond acceptors (Lipinski definition) is 2. The molecule has 0 amide bonds. The van der Waals surface area contributed by atoms with Gasteiger partial charge in [0.2, 0.25) is 0 Å². The minimum atomic E-state index is -0.339. The van der Waals surface area contributed by atoms with Gasteiger partial charge in [-0.2, -0.15) is 0 Å². The van der Waals surface area contributed by atoms with Crippen molar-refractivity contribution in [1.82, 2.24) is 4.57 Å². The van der Waals surface area contributed by atoms with Crippen molar-refractivity contribution in [2.75, 3.05) is 6.26 Å². The molecule has 112 valence electrons. The summed E-state index contributed by atoms with van der Waals surface area (Å²) in [6, 6.07) is 10.8. The molecule has 0 radical (unpaired) electrons. The van der Waals surface area contributed by atoms with E-state index >= 15 is 0 Å². The molecule has 0 bridgehead atoms. The highest BCUT2D eigenvalue weighted by molar-refractivity contribution is 7.98. The number of aliphatic hydroxyl groups excluding tert-OH is 1. The lowest BCUT2D eigenvalue weighted by atomic mass is 9.75. The molecule has 0 saturated carbocycles. The molecular weight excluding hydrogens is 278 g/mol. The third-order valence-electron chi connectivity index (χ3n) is 4.40. The van der Waals surface area contributed by atoms with Crippen LogP contribution in [0.15, 0.2) is 35.2 Å². The zero-order valence-corrected chi connectivity index (χ0v) is 14.0. The number of aromatic nitrogens is 1. The molecule has 3 heteroatoms. The predicted octanol–water partition coefficient (Wildman–Crippen LogP) is 4.51. The molecule has 2 nitrogen and oxygen atoms in total. The van der Waals surface area contributed by atoms with Crippen LogP contribution in [-0.4, -0.2) is 15.9 Å². The van der Waals surface area contributed by atoms with Crippen molar-refractivity contribution in [3.63, 3.8) is 0 Å². The Labute approximate surface area is 131 Å². The zero-order chi connectivity index (χ0) is 15.2. The number of thioether (sulfide) groups is 1. The Morgan fingerprint density at radius 1 is 1.24 bits per heavy atom. The molecule has 3 rings (SSSR count). The van der Waals surface area contributed by atoms with Gasteiger partial charge >= 0.3 is 0 Å². The topological polar surface area (TPSA) is 25.2 Å². The molecule has 1 aliphatic carbocycles. The highest BCUT2D eigenvalue weighted by Crippen LogP contribution is 2.42. The smallest absolute Gasteiger partial charge is 0.0812 e. The van der Waals surface area contributed by atoms with Gasteiger partial charge in [0.15, 0.2) is 0 Å². The maximum Gasteiger partial charge on any atom is 0.0812 e. The third-order valence-corrected chi connectivity index (χ3v) is 5.15. The van der Waals surface area contributed by atoms with E-state index in [9.17, 15) is 5.11 Å². The number of fused-ring (bicyclic) bond motifs is 1. The van der Waals surface area contributed by atoms with Crippen LogP contribution in [0.2, 0.25) is 0 Å². The quantitative estimate of drug-likeness (QED) is 0.825. The Bertz CT molecular complexity index is 655. The fourth-order valence-electron chi connectivity index (χ4n) is 3.43. The lowest BCUT2D eigenvalue weighted by Crippen LogP contribution is -2.26. The first-order valence-electron chi connectivity index (χ1n) is 7.45. The monoisotopic (exact) mass is 301 g/mol. The SMILES string of the molecule is CSc1ccc(-n2c(C)cc3c2CC(C)(C)CC3O)cc1. The van der Waals surface area contributed by atoms with Gasteiger partial charge in [0.05, 0.1) is 6.10 Å². The molecular formula is C18H23NOS. The summed E-state index contributed by atoms with van der Waals surface area (Å²) in [4.78, 5) is 1.28. The summed E-state index contributed by atoms with van der Waals surface area (Å²) in [6.45, 7) is 6.60. The largest absolute Gasteiger partial charge is 0.388 e. The summed E-state index contributed by atoms with van der Waals surface area (Å²) in [5.41, 5.74) is 4.92. The van der Waals surface area contributed by atoms with Gasteiger partial charge in [-0.1, -0.05) is 13.8 Å². The number of aryl methyl sites for hydroxylation is 1.